The fourth-order valence-electron chi connectivity index (χ4n) is 3.23. The van der Waals surface area contributed by atoms with Crippen LogP contribution in [-0.2, 0) is 7.05 Å². The van der Waals surface area contributed by atoms with Gasteiger partial charge in [0.15, 0.2) is 5.11 Å². The number of thiocarbonyl (C=S) groups is 1. The van der Waals surface area contributed by atoms with Crippen molar-refractivity contribution in [3.05, 3.63) is 53.6 Å². The number of aromatic nitrogens is 2. The highest BCUT2D eigenvalue weighted by Crippen LogP contribution is 2.38. The average molecular weight is 328 g/mol. The van der Waals surface area contributed by atoms with E-state index in [2.05, 4.69) is 58.9 Å². The van der Waals surface area contributed by atoms with Gasteiger partial charge in [-0.2, -0.15) is 0 Å². The molecule has 2 atom stereocenters. The van der Waals surface area contributed by atoms with Crippen LogP contribution in [0.25, 0.3) is 0 Å². The molecule has 0 unspecified atom stereocenters. The Hall–Kier alpha value is -1.88. The van der Waals surface area contributed by atoms with Crippen molar-refractivity contribution in [3.63, 3.8) is 0 Å². The second kappa shape index (κ2) is 6.71. The highest BCUT2D eigenvalue weighted by molar-refractivity contribution is 7.80. The van der Waals surface area contributed by atoms with Crippen LogP contribution >= 0.6 is 12.2 Å². The van der Waals surface area contributed by atoms with Crippen molar-refractivity contribution in [1.82, 2.24) is 19.8 Å². The first kappa shape index (κ1) is 16.0. The van der Waals surface area contributed by atoms with Gasteiger partial charge in [0.1, 0.15) is 0 Å². The average Bonchev–Trinajstić information content (AvgIpc) is 3.06. The summed E-state index contributed by atoms with van der Waals surface area (Å²) in [5, 5.41) is 4.33. The fraction of sp³-hybridized carbons (Fsp3) is 0.444. The molecule has 1 aliphatic rings. The molecule has 0 radical (unpaired) electrons. The van der Waals surface area contributed by atoms with Gasteiger partial charge in [0, 0.05) is 31.2 Å². The lowest BCUT2D eigenvalue weighted by Gasteiger charge is -2.28. The van der Waals surface area contributed by atoms with Gasteiger partial charge in [0.05, 0.1) is 17.8 Å². The number of aryl methyl sites for hydroxylation is 1. The lowest BCUT2D eigenvalue weighted by atomic mass is 10.0. The van der Waals surface area contributed by atoms with Crippen LogP contribution in [0.1, 0.15) is 48.9 Å². The lowest BCUT2D eigenvalue weighted by Crippen LogP contribution is -2.31. The molecule has 5 heteroatoms. The molecule has 0 spiro atoms. The standard InChI is InChI=1S/C18H24N4S/c1-4-5-12-22-17(15-10-9-13(2)21(15)3)16(20-18(22)23)14-8-6-7-11-19-14/h6-11,16-17H,4-5,12H2,1-3H3,(H,20,23)/t16-,17+/m0/s1. The molecule has 2 aromatic rings. The summed E-state index contributed by atoms with van der Waals surface area (Å²) < 4.78 is 2.26. The Bertz CT molecular complexity index is 680. The van der Waals surface area contributed by atoms with Crippen molar-refractivity contribution in [3.8, 4) is 0 Å². The van der Waals surface area contributed by atoms with Gasteiger partial charge in [0.2, 0.25) is 0 Å². The largest absolute Gasteiger partial charge is 0.352 e. The van der Waals surface area contributed by atoms with E-state index in [0.717, 1.165) is 30.2 Å². The lowest BCUT2D eigenvalue weighted by molar-refractivity contribution is 0.301. The first-order valence-electron chi connectivity index (χ1n) is 8.23. The monoisotopic (exact) mass is 328 g/mol. The first-order chi connectivity index (χ1) is 11.1. The Morgan fingerprint density at radius 2 is 2.09 bits per heavy atom. The van der Waals surface area contributed by atoms with Crippen LogP contribution in [-0.4, -0.2) is 26.1 Å². The van der Waals surface area contributed by atoms with Gasteiger partial charge in [-0.3, -0.25) is 4.98 Å². The molecule has 4 nitrogen and oxygen atoms in total. The van der Waals surface area contributed by atoms with Crippen LogP contribution in [0.5, 0.6) is 0 Å². The zero-order valence-corrected chi connectivity index (χ0v) is 14.8. The van der Waals surface area contributed by atoms with E-state index < -0.39 is 0 Å². The molecule has 0 aromatic carbocycles. The summed E-state index contributed by atoms with van der Waals surface area (Å²) in [5.41, 5.74) is 3.58. The van der Waals surface area contributed by atoms with Crippen molar-refractivity contribution in [1.29, 1.82) is 0 Å². The van der Waals surface area contributed by atoms with Crippen molar-refractivity contribution >= 4 is 17.3 Å². The Kier molecular flexibility index (Phi) is 4.66. The molecular weight excluding hydrogens is 304 g/mol. The van der Waals surface area contributed by atoms with Crippen LogP contribution in [0.2, 0.25) is 0 Å². The van der Waals surface area contributed by atoms with Crippen molar-refractivity contribution in [2.24, 2.45) is 7.05 Å². The van der Waals surface area contributed by atoms with Crippen molar-refractivity contribution < 1.29 is 0 Å². The maximum atomic E-state index is 5.64. The molecule has 0 bridgehead atoms. The van der Waals surface area contributed by atoms with E-state index in [1.807, 2.05) is 18.3 Å². The molecule has 3 rings (SSSR count). The first-order valence-corrected chi connectivity index (χ1v) is 8.64. The molecule has 23 heavy (non-hydrogen) atoms. The normalized spacial score (nSPS) is 20.8. The third kappa shape index (κ3) is 2.98. The zero-order valence-electron chi connectivity index (χ0n) is 14.0. The molecule has 0 saturated carbocycles. The third-order valence-corrected chi connectivity index (χ3v) is 5.02. The molecule has 1 fully saturated rings. The number of pyridine rings is 1. The van der Waals surface area contributed by atoms with Crippen LogP contribution in [0, 0.1) is 6.92 Å². The molecule has 3 heterocycles. The SMILES string of the molecule is CCCCN1C(=S)N[C@@H](c2ccccn2)[C@H]1c1ccc(C)n1C. The smallest absolute Gasteiger partial charge is 0.170 e. The summed E-state index contributed by atoms with van der Waals surface area (Å²) in [6.45, 7) is 5.32. The Labute approximate surface area is 143 Å². The van der Waals surface area contributed by atoms with Gasteiger partial charge in [-0.1, -0.05) is 19.4 Å². The minimum atomic E-state index is 0.0913. The minimum Gasteiger partial charge on any atom is -0.352 e. The summed E-state index contributed by atoms with van der Waals surface area (Å²) in [5.74, 6) is 0. The minimum absolute atomic E-state index is 0.0913. The predicted molar refractivity (Wildman–Crippen MR) is 97.2 cm³/mol. The summed E-state index contributed by atoms with van der Waals surface area (Å²) in [4.78, 5) is 6.89. The molecule has 1 aliphatic heterocycles. The van der Waals surface area contributed by atoms with Crippen LogP contribution < -0.4 is 5.32 Å². The quantitative estimate of drug-likeness (QED) is 0.852. The van der Waals surface area contributed by atoms with Gasteiger partial charge in [0.25, 0.3) is 0 Å². The maximum Gasteiger partial charge on any atom is 0.170 e. The summed E-state index contributed by atoms with van der Waals surface area (Å²) >= 11 is 5.64. The van der Waals surface area contributed by atoms with Crippen LogP contribution in [0.15, 0.2) is 36.5 Å². The highest BCUT2D eigenvalue weighted by Gasteiger charge is 2.40. The van der Waals surface area contributed by atoms with Gasteiger partial charge in [-0.05, 0) is 49.8 Å². The molecule has 1 N–H and O–H groups in total. The second-order valence-corrected chi connectivity index (χ2v) is 6.52. The van der Waals surface area contributed by atoms with Gasteiger partial charge in [-0.15, -0.1) is 0 Å². The Morgan fingerprint density at radius 3 is 2.70 bits per heavy atom. The molecular formula is C18H24N4S. The number of unbranched alkanes of at least 4 members (excludes halogenated alkanes) is 1. The van der Waals surface area contributed by atoms with Gasteiger partial charge < -0.3 is 14.8 Å². The van der Waals surface area contributed by atoms with E-state index in [9.17, 15) is 0 Å². The number of hydrogen-bond acceptors (Lipinski definition) is 2. The topological polar surface area (TPSA) is 33.1 Å². The predicted octanol–water partition coefficient (Wildman–Crippen LogP) is 3.50. The summed E-state index contributed by atoms with van der Waals surface area (Å²) in [6.07, 6.45) is 4.14. The number of rotatable bonds is 5. The summed E-state index contributed by atoms with van der Waals surface area (Å²) in [6, 6.07) is 10.7. The van der Waals surface area contributed by atoms with Crippen LogP contribution in [0.3, 0.4) is 0 Å². The number of nitrogens with zero attached hydrogens (tertiary/aromatic N) is 3. The molecule has 122 valence electrons. The second-order valence-electron chi connectivity index (χ2n) is 6.13. The van der Waals surface area contributed by atoms with Crippen molar-refractivity contribution in [2.75, 3.05) is 6.54 Å². The third-order valence-electron chi connectivity index (χ3n) is 4.67. The van der Waals surface area contributed by atoms with E-state index in [0.29, 0.717) is 0 Å². The van der Waals surface area contributed by atoms with E-state index in [1.54, 1.807) is 0 Å². The van der Waals surface area contributed by atoms with E-state index >= 15 is 0 Å². The molecule has 0 aliphatic carbocycles. The molecule has 2 aromatic heterocycles. The zero-order chi connectivity index (χ0) is 16.4. The number of hydrogen-bond donors (Lipinski definition) is 1. The number of nitrogens with one attached hydrogen (secondary N) is 1. The Morgan fingerprint density at radius 1 is 1.26 bits per heavy atom. The molecule has 1 saturated heterocycles. The van der Waals surface area contributed by atoms with Crippen LogP contribution in [0.4, 0.5) is 0 Å². The van der Waals surface area contributed by atoms with E-state index in [4.69, 9.17) is 12.2 Å². The molecule has 0 amide bonds. The highest BCUT2D eigenvalue weighted by atomic mass is 32.1. The van der Waals surface area contributed by atoms with Gasteiger partial charge >= 0.3 is 0 Å². The Balaban J connectivity index is 2.01. The van der Waals surface area contributed by atoms with Gasteiger partial charge in [-0.25, -0.2) is 0 Å². The van der Waals surface area contributed by atoms with E-state index in [-0.39, 0.29) is 12.1 Å². The fourth-order valence-corrected chi connectivity index (χ4v) is 3.56. The maximum absolute atomic E-state index is 5.64. The van der Waals surface area contributed by atoms with Crippen molar-refractivity contribution in [2.45, 2.75) is 38.8 Å². The van der Waals surface area contributed by atoms with E-state index in [1.165, 1.54) is 11.4 Å². The summed E-state index contributed by atoms with van der Waals surface area (Å²) in [7, 11) is 2.12.